The first kappa shape index (κ1) is 20.1. The predicted octanol–water partition coefficient (Wildman–Crippen LogP) is -0.493. The summed E-state index contributed by atoms with van der Waals surface area (Å²) in [6.45, 7) is -0.659. The molecule has 6 N–H and O–H groups in total. The zero-order valence-electron chi connectivity index (χ0n) is 14.5. The number of hydrogen-bond acceptors (Lipinski definition) is 9. The summed E-state index contributed by atoms with van der Waals surface area (Å²) in [7, 11) is 0. The van der Waals surface area contributed by atoms with E-state index in [4.69, 9.17) is 9.47 Å². The van der Waals surface area contributed by atoms with Crippen LogP contribution in [0, 0.1) is 0 Å². The molecule has 28 heavy (non-hydrogen) atoms. The maximum atomic E-state index is 12.4. The number of ketones is 1. The Bertz CT molecular complexity index is 814. The summed E-state index contributed by atoms with van der Waals surface area (Å²) in [5, 5.41) is 59.1. The van der Waals surface area contributed by atoms with E-state index in [2.05, 4.69) is 0 Å². The maximum absolute atomic E-state index is 12.4. The molecule has 9 heteroatoms. The van der Waals surface area contributed by atoms with E-state index in [1.54, 1.807) is 30.3 Å². The summed E-state index contributed by atoms with van der Waals surface area (Å²) in [4.78, 5) is 12.4. The molecule has 1 aliphatic rings. The van der Waals surface area contributed by atoms with E-state index in [0.717, 1.165) is 12.1 Å². The monoisotopic (exact) mass is 392 g/mol. The van der Waals surface area contributed by atoms with Gasteiger partial charge in [-0.2, -0.15) is 0 Å². The third kappa shape index (κ3) is 3.79. The number of carbonyl (C=O) groups excluding carboxylic acids is 1. The topological polar surface area (TPSA) is 157 Å². The Morgan fingerprint density at radius 2 is 1.54 bits per heavy atom. The molecule has 0 aliphatic carbocycles. The number of aromatic hydroxyl groups is 2. The third-order valence-electron chi connectivity index (χ3n) is 4.43. The molecular formula is C19H20O9. The summed E-state index contributed by atoms with van der Waals surface area (Å²) in [6.07, 6.45) is -7.79. The van der Waals surface area contributed by atoms with Crippen LogP contribution in [0.5, 0.6) is 17.2 Å². The van der Waals surface area contributed by atoms with Gasteiger partial charge >= 0.3 is 0 Å². The Kier molecular flexibility index (Phi) is 5.82. The van der Waals surface area contributed by atoms with Crippen molar-refractivity contribution in [3.8, 4) is 17.2 Å². The van der Waals surface area contributed by atoms with Crippen LogP contribution in [0.3, 0.4) is 0 Å². The van der Waals surface area contributed by atoms with Gasteiger partial charge in [0, 0.05) is 11.1 Å². The van der Waals surface area contributed by atoms with Gasteiger partial charge in [-0.15, -0.1) is 0 Å². The van der Waals surface area contributed by atoms with Crippen LogP contribution in [0.15, 0.2) is 42.5 Å². The van der Waals surface area contributed by atoms with E-state index in [1.807, 2.05) is 0 Å². The minimum Gasteiger partial charge on any atom is -0.504 e. The molecule has 0 spiro atoms. The molecule has 0 amide bonds. The molecule has 9 nitrogen and oxygen atoms in total. The molecule has 1 fully saturated rings. The van der Waals surface area contributed by atoms with Crippen molar-refractivity contribution in [1.29, 1.82) is 0 Å². The standard InChI is InChI=1S/C19H20O9/c20-8-13-15(24)16(25)17(26)19(27-13)28-18-11(21)6-10(7-12(18)22)14(23)9-4-2-1-3-5-9/h1-7,13,15-17,19-22,24-26H,8H2/t13-,15-,16+,17-,19+/m1/s1. The van der Waals surface area contributed by atoms with E-state index in [1.165, 1.54) is 0 Å². The first-order valence-electron chi connectivity index (χ1n) is 8.46. The van der Waals surface area contributed by atoms with Crippen LogP contribution >= 0.6 is 0 Å². The number of ether oxygens (including phenoxy) is 2. The Balaban J connectivity index is 1.84. The van der Waals surface area contributed by atoms with Gasteiger partial charge in [-0.1, -0.05) is 30.3 Å². The van der Waals surface area contributed by atoms with E-state index in [0.29, 0.717) is 5.56 Å². The van der Waals surface area contributed by atoms with Gasteiger partial charge in [0.05, 0.1) is 6.61 Å². The van der Waals surface area contributed by atoms with Gasteiger partial charge in [-0.05, 0) is 12.1 Å². The molecule has 0 unspecified atom stereocenters. The van der Waals surface area contributed by atoms with Crippen LogP contribution in [-0.4, -0.2) is 73.7 Å². The zero-order valence-corrected chi connectivity index (χ0v) is 14.5. The van der Waals surface area contributed by atoms with Gasteiger partial charge < -0.3 is 40.1 Å². The number of phenolic OH excluding ortho intramolecular Hbond substituents is 2. The average Bonchev–Trinajstić information content (AvgIpc) is 2.70. The van der Waals surface area contributed by atoms with Gasteiger partial charge in [0.25, 0.3) is 0 Å². The Morgan fingerprint density at radius 3 is 2.11 bits per heavy atom. The minimum atomic E-state index is -1.72. The predicted molar refractivity (Wildman–Crippen MR) is 94.0 cm³/mol. The Labute approximate surface area is 159 Å². The van der Waals surface area contributed by atoms with Gasteiger partial charge in [0.15, 0.2) is 17.3 Å². The number of rotatable bonds is 5. The van der Waals surface area contributed by atoms with E-state index >= 15 is 0 Å². The molecule has 0 aromatic heterocycles. The fraction of sp³-hybridized carbons (Fsp3) is 0.316. The SMILES string of the molecule is O=C(c1ccccc1)c1cc(O)c(O[C@@H]2O[C@H](CO)[C@@H](O)[C@H](O)[C@H]2O)c(O)c1. The first-order chi connectivity index (χ1) is 13.3. The van der Waals surface area contributed by atoms with Crippen molar-refractivity contribution in [2.45, 2.75) is 30.7 Å². The lowest BCUT2D eigenvalue weighted by Gasteiger charge is -2.39. The third-order valence-corrected chi connectivity index (χ3v) is 4.43. The number of aliphatic hydroxyl groups is 4. The van der Waals surface area contributed by atoms with Crippen molar-refractivity contribution in [1.82, 2.24) is 0 Å². The molecular weight excluding hydrogens is 372 g/mol. The lowest BCUT2D eigenvalue weighted by Crippen LogP contribution is -2.60. The average molecular weight is 392 g/mol. The number of benzene rings is 2. The Hall–Kier alpha value is -2.69. The molecule has 5 atom stereocenters. The van der Waals surface area contributed by atoms with Gasteiger partial charge in [-0.3, -0.25) is 4.79 Å². The lowest BCUT2D eigenvalue weighted by molar-refractivity contribution is -0.277. The molecule has 1 aliphatic heterocycles. The van der Waals surface area contributed by atoms with Gasteiger partial charge in [-0.25, -0.2) is 0 Å². The maximum Gasteiger partial charge on any atom is 0.229 e. The molecule has 2 aromatic carbocycles. The van der Waals surface area contributed by atoms with E-state index < -0.39 is 60.3 Å². The van der Waals surface area contributed by atoms with Crippen molar-refractivity contribution in [2.75, 3.05) is 6.61 Å². The lowest BCUT2D eigenvalue weighted by atomic mass is 9.99. The number of carbonyl (C=O) groups is 1. The summed E-state index contributed by atoms with van der Waals surface area (Å²) in [5.74, 6) is -2.13. The van der Waals surface area contributed by atoms with Crippen LogP contribution in [0.25, 0.3) is 0 Å². The smallest absolute Gasteiger partial charge is 0.229 e. The molecule has 3 rings (SSSR count). The molecule has 1 heterocycles. The van der Waals surface area contributed by atoms with Crippen LogP contribution in [0.2, 0.25) is 0 Å². The number of aliphatic hydroxyl groups excluding tert-OH is 4. The second-order valence-corrected chi connectivity index (χ2v) is 6.35. The van der Waals surface area contributed by atoms with Crippen LogP contribution < -0.4 is 4.74 Å². The molecule has 2 aromatic rings. The molecule has 1 saturated heterocycles. The summed E-state index contributed by atoms with van der Waals surface area (Å²) in [5.41, 5.74) is 0.353. The highest BCUT2D eigenvalue weighted by Gasteiger charge is 2.45. The summed E-state index contributed by atoms with van der Waals surface area (Å²) in [6, 6.07) is 10.4. The van der Waals surface area contributed by atoms with Crippen molar-refractivity contribution >= 4 is 5.78 Å². The van der Waals surface area contributed by atoms with Crippen molar-refractivity contribution < 1.29 is 44.9 Å². The minimum absolute atomic E-state index is 0.00218. The fourth-order valence-corrected chi connectivity index (χ4v) is 2.89. The second-order valence-electron chi connectivity index (χ2n) is 6.35. The molecule has 150 valence electrons. The summed E-state index contributed by atoms with van der Waals surface area (Å²) >= 11 is 0. The van der Waals surface area contributed by atoms with E-state index in [-0.39, 0.29) is 5.56 Å². The summed E-state index contributed by atoms with van der Waals surface area (Å²) < 4.78 is 10.4. The Morgan fingerprint density at radius 1 is 0.929 bits per heavy atom. The highest BCUT2D eigenvalue weighted by molar-refractivity contribution is 6.09. The van der Waals surface area contributed by atoms with Gasteiger partial charge in [0.2, 0.25) is 12.0 Å². The fourth-order valence-electron chi connectivity index (χ4n) is 2.89. The zero-order chi connectivity index (χ0) is 20.4. The number of phenols is 2. The molecule has 0 bridgehead atoms. The van der Waals surface area contributed by atoms with Crippen molar-refractivity contribution in [3.63, 3.8) is 0 Å². The first-order valence-corrected chi connectivity index (χ1v) is 8.46. The van der Waals surface area contributed by atoms with Crippen molar-refractivity contribution in [3.05, 3.63) is 53.6 Å². The quantitative estimate of drug-likeness (QED) is 0.369. The number of hydrogen-bond donors (Lipinski definition) is 6. The van der Waals surface area contributed by atoms with E-state index in [9.17, 15) is 35.4 Å². The second kappa shape index (κ2) is 8.13. The van der Waals surface area contributed by atoms with Crippen LogP contribution in [0.4, 0.5) is 0 Å². The highest BCUT2D eigenvalue weighted by atomic mass is 16.7. The normalized spacial score (nSPS) is 27.4. The molecule has 0 saturated carbocycles. The largest absolute Gasteiger partial charge is 0.504 e. The van der Waals surface area contributed by atoms with Crippen LogP contribution in [0.1, 0.15) is 15.9 Å². The van der Waals surface area contributed by atoms with Gasteiger partial charge in [0.1, 0.15) is 24.4 Å². The van der Waals surface area contributed by atoms with Crippen LogP contribution in [-0.2, 0) is 4.74 Å². The van der Waals surface area contributed by atoms with Crippen molar-refractivity contribution in [2.24, 2.45) is 0 Å². The highest BCUT2D eigenvalue weighted by Crippen LogP contribution is 2.39. The molecule has 0 radical (unpaired) electrons.